The maximum Gasteiger partial charge on any atom is 0.244 e. The topological polar surface area (TPSA) is 54.5 Å². The van der Waals surface area contributed by atoms with Crippen LogP contribution < -0.4 is 5.32 Å². The molecular weight excluding hydrogens is 310 g/mol. The van der Waals surface area contributed by atoms with E-state index in [-0.39, 0.29) is 11.9 Å². The van der Waals surface area contributed by atoms with Crippen LogP contribution in [0.3, 0.4) is 0 Å². The fourth-order valence-corrected chi connectivity index (χ4v) is 3.27. The summed E-state index contributed by atoms with van der Waals surface area (Å²) in [5.74, 6) is 0.103. The first-order valence-electron chi connectivity index (χ1n) is 7.80. The molecule has 1 aromatic carbocycles. The first-order valence-corrected chi connectivity index (χ1v) is 8.68. The number of ether oxygens (including phenoxy) is 1. The molecule has 1 saturated heterocycles. The van der Waals surface area contributed by atoms with Crippen molar-refractivity contribution in [3.05, 3.63) is 52.0 Å². The summed E-state index contributed by atoms with van der Waals surface area (Å²) in [6, 6.07) is 9.51. The zero-order valence-electron chi connectivity index (χ0n) is 13.2. The highest BCUT2D eigenvalue weighted by atomic mass is 32.1. The molecule has 6 heteroatoms. The largest absolute Gasteiger partial charge is 0.378 e. The van der Waals surface area contributed by atoms with Crippen LogP contribution in [-0.2, 0) is 16.1 Å². The van der Waals surface area contributed by atoms with Gasteiger partial charge in [0.2, 0.25) is 5.91 Å². The Morgan fingerprint density at radius 1 is 1.35 bits per heavy atom. The van der Waals surface area contributed by atoms with Gasteiger partial charge in [0.1, 0.15) is 6.04 Å². The lowest BCUT2D eigenvalue weighted by Gasteiger charge is -2.31. The quantitative estimate of drug-likeness (QED) is 0.912. The van der Waals surface area contributed by atoms with Gasteiger partial charge in [-0.15, -0.1) is 11.3 Å². The van der Waals surface area contributed by atoms with Gasteiger partial charge in [0.05, 0.1) is 23.9 Å². The van der Waals surface area contributed by atoms with Crippen LogP contribution in [0.4, 0.5) is 0 Å². The molecule has 0 radical (unpaired) electrons. The van der Waals surface area contributed by atoms with Gasteiger partial charge in [-0.1, -0.05) is 30.3 Å². The molecule has 0 spiro atoms. The molecule has 0 unspecified atom stereocenters. The molecule has 0 aliphatic carbocycles. The SMILES string of the molecule is Cc1nc(CN[C@@H](C(=O)N2CCOCC2)c2ccccc2)cs1. The van der Waals surface area contributed by atoms with E-state index in [1.54, 1.807) is 11.3 Å². The van der Waals surface area contributed by atoms with Crippen LogP contribution in [0.2, 0.25) is 0 Å². The summed E-state index contributed by atoms with van der Waals surface area (Å²) < 4.78 is 5.34. The van der Waals surface area contributed by atoms with Gasteiger partial charge in [0, 0.05) is 25.0 Å². The molecule has 3 rings (SSSR count). The Bertz CT molecular complexity index is 638. The highest BCUT2D eigenvalue weighted by molar-refractivity contribution is 7.09. The first-order chi connectivity index (χ1) is 11.2. The van der Waals surface area contributed by atoms with E-state index < -0.39 is 0 Å². The standard InChI is InChI=1S/C17H21N3O2S/c1-13-19-15(12-23-13)11-18-16(14-5-3-2-4-6-14)17(21)20-7-9-22-10-8-20/h2-6,12,16,18H,7-11H2,1H3/t16-/m1/s1. The molecule has 23 heavy (non-hydrogen) atoms. The number of hydrogen-bond acceptors (Lipinski definition) is 5. The van der Waals surface area contributed by atoms with E-state index in [2.05, 4.69) is 10.3 Å². The highest BCUT2D eigenvalue weighted by Gasteiger charge is 2.26. The molecule has 1 aliphatic rings. The van der Waals surface area contributed by atoms with Crippen LogP contribution in [0, 0.1) is 6.92 Å². The van der Waals surface area contributed by atoms with Crippen LogP contribution in [0.15, 0.2) is 35.7 Å². The van der Waals surface area contributed by atoms with Crippen molar-refractivity contribution in [3.8, 4) is 0 Å². The van der Waals surface area contributed by atoms with E-state index in [0.29, 0.717) is 32.8 Å². The van der Waals surface area contributed by atoms with Crippen molar-refractivity contribution in [1.82, 2.24) is 15.2 Å². The molecule has 122 valence electrons. The Morgan fingerprint density at radius 3 is 2.74 bits per heavy atom. The Kier molecular flexibility index (Phi) is 5.38. The van der Waals surface area contributed by atoms with Crippen molar-refractivity contribution in [2.45, 2.75) is 19.5 Å². The molecule has 1 amide bonds. The minimum absolute atomic E-state index is 0.103. The van der Waals surface area contributed by atoms with Crippen LogP contribution in [-0.4, -0.2) is 42.1 Å². The maximum atomic E-state index is 12.9. The summed E-state index contributed by atoms with van der Waals surface area (Å²) in [6.45, 7) is 5.10. The molecule has 2 heterocycles. The Labute approximate surface area is 140 Å². The highest BCUT2D eigenvalue weighted by Crippen LogP contribution is 2.18. The van der Waals surface area contributed by atoms with Crippen LogP contribution in [0.5, 0.6) is 0 Å². The average molecular weight is 331 g/mol. The number of hydrogen-bond donors (Lipinski definition) is 1. The number of aryl methyl sites for hydroxylation is 1. The maximum absolute atomic E-state index is 12.9. The fourth-order valence-electron chi connectivity index (χ4n) is 2.66. The molecule has 1 fully saturated rings. The minimum atomic E-state index is -0.351. The first kappa shape index (κ1) is 16.1. The third-order valence-electron chi connectivity index (χ3n) is 3.86. The van der Waals surface area contributed by atoms with Crippen LogP contribution in [0.1, 0.15) is 22.3 Å². The van der Waals surface area contributed by atoms with Crippen LogP contribution in [0.25, 0.3) is 0 Å². The molecular formula is C17H21N3O2S. The average Bonchev–Trinajstić information content (AvgIpc) is 3.02. The summed E-state index contributed by atoms with van der Waals surface area (Å²) in [5.41, 5.74) is 1.96. The smallest absolute Gasteiger partial charge is 0.244 e. The van der Waals surface area contributed by atoms with Gasteiger partial charge in [-0.3, -0.25) is 10.1 Å². The van der Waals surface area contributed by atoms with E-state index in [9.17, 15) is 4.79 Å². The van der Waals surface area contributed by atoms with Crippen molar-refractivity contribution in [1.29, 1.82) is 0 Å². The second-order valence-corrected chi connectivity index (χ2v) is 6.58. The van der Waals surface area contributed by atoms with E-state index in [1.807, 2.05) is 47.5 Å². The van der Waals surface area contributed by atoms with Crippen molar-refractivity contribution in [3.63, 3.8) is 0 Å². The second kappa shape index (κ2) is 7.68. The van der Waals surface area contributed by atoms with Crippen molar-refractivity contribution in [2.24, 2.45) is 0 Å². The van der Waals surface area contributed by atoms with E-state index in [4.69, 9.17) is 4.74 Å². The van der Waals surface area contributed by atoms with Gasteiger partial charge < -0.3 is 9.64 Å². The number of carbonyl (C=O) groups excluding carboxylic acids is 1. The third kappa shape index (κ3) is 4.16. The Hall–Kier alpha value is -1.76. The van der Waals surface area contributed by atoms with Crippen molar-refractivity contribution in [2.75, 3.05) is 26.3 Å². The van der Waals surface area contributed by atoms with Crippen LogP contribution >= 0.6 is 11.3 Å². The summed E-state index contributed by atoms with van der Waals surface area (Å²) in [7, 11) is 0. The molecule has 2 aromatic rings. The molecule has 1 aromatic heterocycles. The summed E-state index contributed by atoms with van der Waals surface area (Å²) in [5, 5.41) is 6.45. The summed E-state index contributed by atoms with van der Waals surface area (Å²) in [6.07, 6.45) is 0. The number of amides is 1. The predicted molar refractivity (Wildman–Crippen MR) is 90.3 cm³/mol. The molecule has 1 aliphatic heterocycles. The lowest BCUT2D eigenvalue weighted by molar-refractivity contribution is -0.137. The number of aromatic nitrogens is 1. The third-order valence-corrected chi connectivity index (χ3v) is 4.68. The fraction of sp³-hybridized carbons (Fsp3) is 0.412. The molecule has 5 nitrogen and oxygen atoms in total. The molecule has 1 N–H and O–H groups in total. The van der Waals surface area contributed by atoms with Gasteiger partial charge in [-0.05, 0) is 12.5 Å². The van der Waals surface area contributed by atoms with Gasteiger partial charge >= 0.3 is 0 Å². The monoisotopic (exact) mass is 331 g/mol. The van der Waals surface area contributed by atoms with Gasteiger partial charge in [-0.25, -0.2) is 4.98 Å². The number of carbonyl (C=O) groups is 1. The van der Waals surface area contributed by atoms with Crippen molar-refractivity contribution >= 4 is 17.2 Å². The van der Waals surface area contributed by atoms with E-state index in [0.717, 1.165) is 16.3 Å². The number of nitrogens with one attached hydrogen (secondary N) is 1. The minimum Gasteiger partial charge on any atom is -0.378 e. The molecule has 0 bridgehead atoms. The lowest BCUT2D eigenvalue weighted by atomic mass is 10.1. The zero-order chi connectivity index (χ0) is 16.1. The van der Waals surface area contributed by atoms with Crippen molar-refractivity contribution < 1.29 is 9.53 Å². The molecule has 1 atom stereocenters. The Morgan fingerprint density at radius 2 is 2.09 bits per heavy atom. The van der Waals surface area contributed by atoms with E-state index >= 15 is 0 Å². The summed E-state index contributed by atoms with van der Waals surface area (Å²) in [4.78, 5) is 19.2. The normalized spacial score (nSPS) is 16.3. The summed E-state index contributed by atoms with van der Waals surface area (Å²) >= 11 is 1.63. The van der Waals surface area contributed by atoms with E-state index in [1.165, 1.54) is 0 Å². The number of benzene rings is 1. The number of rotatable bonds is 5. The number of thiazole rings is 1. The number of nitrogens with zero attached hydrogens (tertiary/aromatic N) is 2. The van der Waals surface area contributed by atoms with Gasteiger partial charge in [0.25, 0.3) is 0 Å². The zero-order valence-corrected chi connectivity index (χ0v) is 14.0. The second-order valence-electron chi connectivity index (χ2n) is 5.52. The number of morpholine rings is 1. The molecule has 0 saturated carbocycles. The lowest BCUT2D eigenvalue weighted by Crippen LogP contribution is -2.46. The Balaban J connectivity index is 1.74. The predicted octanol–water partition coefficient (Wildman–Crippen LogP) is 2.14. The van der Waals surface area contributed by atoms with Gasteiger partial charge in [0.15, 0.2) is 0 Å². The van der Waals surface area contributed by atoms with Gasteiger partial charge in [-0.2, -0.15) is 0 Å².